The molecule has 114 valence electrons. The van der Waals surface area contributed by atoms with Gasteiger partial charge in [0.15, 0.2) is 0 Å². The molecule has 2 aromatic carbocycles. The second-order valence-corrected chi connectivity index (χ2v) is 5.27. The Morgan fingerprint density at radius 3 is 2.68 bits per heavy atom. The van der Waals surface area contributed by atoms with Gasteiger partial charge in [-0.2, -0.15) is 0 Å². The third kappa shape index (κ3) is 3.65. The van der Waals surface area contributed by atoms with Crippen LogP contribution in [0.2, 0.25) is 0 Å². The van der Waals surface area contributed by atoms with Crippen molar-refractivity contribution >= 4 is 11.6 Å². The molecule has 0 aromatic heterocycles. The van der Waals surface area contributed by atoms with Crippen LogP contribution in [-0.2, 0) is 9.53 Å². The molecule has 1 amide bonds. The maximum atomic E-state index is 12.1. The van der Waals surface area contributed by atoms with Crippen LogP contribution in [0.25, 0.3) is 0 Å². The molecule has 2 aromatic rings. The van der Waals surface area contributed by atoms with Crippen LogP contribution in [0.15, 0.2) is 54.6 Å². The molecule has 1 aliphatic carbocycles. The van der Waals surface area contributed by atoms with Gasteiger partial charge < -0.3 is 14.8 Å². The van der Waals surface area contributed by atoms with Crippen LogP contribution in [0.3, 0.4) is 0 Å². The van der Waals surface area contributed by atoms with E-state index in [1.807, 2.05) is 61.5 Å². The SMILES string of the molecule is CCOC1CC1C(=O)Nc1cccc(Oc2ccccc2)c1. The number of para-hydroxylation sites is 1. The van der Waals surface area contributed by atoms with E-state index in [4.69, 9.17) is 9.47 Å². The van der Waals surface area contributed by atoms with Crippen LogP contribution in [0.4, 0.5) is 5.69 Å². The molecule has 4 heteroatoms. The Hall–Kier alpha value is -2.33. The van der Waals surface area contributed by atoms with Crippen LogP contribution >= 0.6 is 0 Å². The molecule has 0 aliphatic heterocycles. The second kappa shape index (κ2) is 6.62. The standard InChI is InChI=1S/C18H19NO3/c1-2-21-17-12-16(17)18(20)19-13-7-6-10-15(11-13)22-14-8-4-3-5-9-14/h3-11,16-17H,2,12H2,1H3,(H,19,20). The Morgan fingerprint density at radius 1 is 1.14 bits per heavy atom. The number of benzene rings is 2. The zero-order chi connectivity index (χ0) is 15.4. The highest BCUT2D eigenvalue weighted by Crippen LogP contribution is 2.35. The van der Waals surface area contributed by atoms with Gasteiger partial charge in [-0.25, -0.2) is 0 Å². The summed E-state index contributed by atoms with van der Waals surface area (Å²) in [5.41, 5.74) is 0.737. The minimum atomic E-state index is -0.0290. The lowest BCUT2D eigenvalue weighted by molar-refractivity contribution is -0.118. The zero-order valence-corrected chi connectivity index (χ0v) is 12.5. The molecular weight excluding hydrogens is 278 g/mol. The van der Waals surface area contributed by atoms with Crippen LogP contribution in [0.5, 0.6) is 11.5 Å². The average Bonchev–Trinajstić information content (AvgIpc) is 3.29. The highest BCUT2D eigenvalue weighted by Gasteiger charge is 2.43. The largest absolute Gasteiger partial charge is 0.457 e. The van der Waals surface area contributed by atoms with E-state index in [0.29, 0.717) is 12.4 Å². The van der Waals surface area contributed by atoms with Gasteiger partial charge in [0.05, 0.1) is 12.0 Å². The minimum absolute atomic E-state index is 0.00955. The van der Waals surface area contributed by atoms with E-state index in [9.17, 15) is 4.79 Å². The summed E-state index contributed by atoms with van der Waals surface area (Å²) in [5, 5.41) is 2.92. The van der Waals surface area contributed by atoms with Crippen LogP contribution in [-0.4, -0.2) is 18.6 Å². The molecule has 4 nitrogen and oxygen atoms in total. The Kier molecular flexibility index (Phi) is 4.39. The van der Waals surface area contributed by atoms with Gasteiger partial charge in [0.2, 0.25) is 5.91 Å². The molecule has 2 unspecified atom stereocenters. The molecule has 2 atom stereocenters. The van der Waals surface area contributed by atoms with E-state index in [1.165, 1.54) is 0 Å². The molecule has 22 heavy (non-hydrogen) atoms. The fourth-order valence-electron chi connectivity index (χ4n) is 2.34. The van der Waals surface area contributed by atoms with Gasteiger partial charge in [-0.15, -0.1) is 0 Å². The number of carbonyl (C=O) groups excluding carboxylic acids is 1. The van der Waals surface area contributed by atoms with Crippen molar-refractivity contribution in [2.45, 2.75) is 19.4 Å². The molecule has 0 saturated heterocycles. The van der Waals surface area contributed by atoms with Crippen molar-refractivity contribution in [1.82, 2.24) is 0 Å². The predicted octanol–water partition coefficient (Wildman–Crippen LogP) is 3.84. The fraction of sp³-hybridized carbons (Fsp3) is 0.278. The van der Waals surface area contributed by atoms with Crippen molar-refractivity contribution in [3.05, 3.63) is 54.6 Å². The minimum Gasteiger partial charge on any atom is -0.457 e. The first-order valence-electron chi connectivity index (χ1n) is 7.51. The van der Waals surface area contributed by atoms with Crippen LogP contribution in [0.1, 0.15) is 13.3 Å². The summed E-state index contributed by atoms with van der Waals surface area (Å²) in [6.45, 7) is 2.59. The number of rotatable bonds is 6. The van der Waals surface area contributed by atoms with E-state index in [0.717, 1.165) is 17.9 Å². The maximum absolute atomic E-state index is 12.1. The first-order chi connectivity index (χ1) is 10.8. The lowest BCUT2D eigenvalue weighted by Gasteiger charge is -2.09. The summed E-state index contributed by atoms with van der Waals surface area (Å²) in [4.78, 5) is 12.1. The first-order valence-corrected chi connectivity index (χ1v) is 7.51. The molecule has 0 radical (unpaired) electrons. The van der Waals surface area contributed by atoms with E-state index in [1.54, 1.807) is 0 Å². The number of carbonyl (C=O) groups is 1. The zero-order valence-electron chi connectivity index (χ0n) is 12.5. The average molecular weight is 297 g/mol. The number of hydrogen-bond acceptors (Lipinski definition) is 3. The van der Waals surface area contributed by atoms with Crippen molar-refractivity contribution < 1.29 is 14.3 Å². The molecule has 3 rings (SSSR count). The second-order valence-electron chi connectivity index (χ2n) is 5.27. The third-order valence-corrected chi connectivity index (χ3v) is 3.53. The van der Waals surface area contributed by atoms with Gasteiger partial charge in [-0.3, -0.25) is 4.79 Å². The van der Waals surface area contributed by atoms with E-state index in [-0.39, 0.29) is 17.9 Å². The number of nitrogens with one attached hydrogen (secondary N) is 1. The summed E-state index contributed by atoms with van der Waals surface area (Å²) in [7, 11) is 0. The lowest BCUT2D eigenvalue weighted by Crippen LogP contribution is -2.16. The van der Waals surface area contributed by atoms with Gasteiger partial charge in [0.1, 0.15) is 11.5 Å². The van der Waals surface area contributed by atoms with Crippen LogP contribution in [0, 0.1) is 5.92 Å². The smallest absolute Gasteiger partial charge is 0.230 e. The Bertz CT molecular complexity index is 642. The normalized spacial score (nSPS) is 19.5. The van der Waals surface area contributed by atoms with E-state index < -0.39 is 0 Å². The molecule has 1 saturated carbocycles. The molecule has 0 spiro atoms. The topological polar surface area (TPSA) is 47.6 Å². The van der Waals surface area contributed by atoms with Crippen molar-refractivity contribution in [2.75, 3.05) is 11.9 Å². The predicted molar refractivity (Wildman–Crippen MR) is 85.1 cm³/mol. The molecule has 0 bridgehead atoms. The molecule has 1 fully saturated rings. The fourth-order valence-corrected chi connectivity index (χ4v) is 2.34. The summed E-state index contributed by atoms with van der Waals surface area (Å²) in [6.07, 6.45) is 0.883. The number of anilines is 1. The van der Waals surface area contributed by atoms with Crippen molar-refractivity contribution in [3.8, 4) is 11.5 Å². The van der Waals surface area contributed by atoms with Crippen molar-refractivity contribution in [1.29, 1.82) is 0 Å². The summed E-state index contributed by atoms with van der Waals surface area (Å²) in [6, 6.07) is 17.0. The maximum Gasteiger partial charge on any atom is 0.230 e. The Morgan fingerprint density at radius 2 is 1.91 bits per heavy atom. The van der Waals surface area contributed by atoms with Gasteiger partial charge in [-0.1, -0.05) is 24.3 Å². The quantitative estimate of drug-likeness (QED) is 0.881. The summed E-state index contributed by atoms with van der Waals surface area (Å²) >= 11 is 0. The molecule has 1 aliphatic rings. The number of amides is 1. The van der Waals surface area contributed by atoms with Crippen LogP contribution < -0.4 is 10.1 Å². The van der Waals surface area contributed by atoms with Gasteiger partial charge >= 0.3 is 0 Å². The highest BCUT2D eigenvalue weighted by molar-refractivity contribution is 5.94. The van der Waals surface area contributed by atoms with Gasteiger partial charge in [0, 0.05) is 18.4 Å². The Balaban J connectivity index is 1.61. The molecule has 0 heterocycles. The third-order valence-electron chi connectivity index (χ3n) is 3.53. The number of ether oxygens (including phenoxy) is 2. The van der Waals surface area contributed by atoms with Gasteiger partial charge in [0.25, 0.3) is 0 Å². The van der Waals surface area contributed by atoms with Crippen molar-refractivity contribution in [3.63, 3.8) is 0 Å². The van der Waals surface area contributed by atoms with Crippen molar-refractivity contribution in [2.24, 2.45) is 5.92 Å². The van der Waals surface area contributed by atoms with E-state index >= 15 is 0 Å². The number of hydrogen-bond donors (Lipinski definition) is 1. The van der Waals surface area contributed by atoms with Gasteiger partial charge in [-0.05, 0) is 37.6 Å². The molecule has 1 N–H and O–H groups in total. The molecular formula is C18H19NO3. The lowest BCUT2D eigenvalue weighted by atomic mass is 10.2. The first kappa shape index (κ1) is 14.6. The monoisotopic (exact) mass is 297 g/mol. The highest BCUT2D eigenvalue weighted by atomic mass is 16.5. The Labute approximate surface area is 130 Å². The van der Waals surface area contributed by atoms with E-state index in [2.05, 4.69) is 5.32 Å². The summed E-state index contributed by atoms with van der Waals surface area (Å²) in [5.74, 6) is 1.44. The summed E-state index contributed by atoms with van der Waals surface area (Å²) < 4.78 is 11.2.